The Balaban J connectivity index is 2.27. The molecule has 0 atom stereocenters. The molecule has 0 saturated heterocycles. The lowest BCUT2D eigenvalue weighted by Gasteiger charge is -2.19. The van der Waals surface area contributed by atoms with Crippen LogP contribution >= 0.6 is 0 Å². The van der Waals surface area contributed by atoms with E-state index >= 15 is 0 Å². The Morgan fingerprint density at radius 2 is 2.00 bits per heavy atom. The van der Waals surface area contributed by atoms with Crippen LogP contribution in [0.4, 0.5) is 11.4 Å². The number of pyridine rings is 1. The molecule has 0 saturated carbocycles. The van der Waals surface area contributed by atoms with Crippen molar-refractivity contribution in [1.29, 1.82) is 0 Å². The van der Waals surface area contributed by atoms with Gasteiger partial charge in [0, 0.05) is 14.1 Å². The van der Waals surface area contributed by atoms with Gasteiger partial charge in [-0.1, -0.05) is 12.1 Å². The molecule has 1 amide bonds. The summed E-state index contributed by atoms with van der Waals surface area (Å²) in [6, 6.07) is 10.9. The number of amides is 1. The van der Waals surface area contributed by atoms with Gasteiger partial charge in [0.05, 0.1) is 24.7 Å². The molecule has 1 aromatic carbocycles. The summed E-state index contributed by atoms with van der Waals surface area (Å²) in [7, 11) is 5.09. The van der Waals surface area contributed by atoms with Gasteiger partial charge >= 0.3 is 0 Å². The summed E-state index contributed by atoms with van der Waals surface area (Å²) in [5.41, 5.74) is 1.96. The molecule has 1 N–H and O–H groups in total. The summed E-state index contributed by atoms with van der Waals surface area (Å²) in [6.07, 6.45) is 1.63. The predicted octanol–water partition coefficient (Wildman–Crippen LogP) is 2.41. The lowest BCUT2D eigenvalue weighted by Crippen LogP contribution is -2.27. The second-order valence-corrected chi connectivity index (χ2v) is 4.22. The van der Waals surface area contributed by atoms with Crippen LogP contribution in [0.25, 0.3) is 0 Å². The van der Waals surface area contributed by atoms with Gasteiger partial charge in [0.25, 0.3) is 5.91 Å². The average molecular weight is 271 g/mol. The SMILES string of the molecule is CNc1ccc(C(=O)N(C)c2ccccc2OC)nc1. The maximum Gasteiger partial charge on any atom is 0.276 e. The minimum atomic E-state index is -0.183. The molecule has 0 aliphatic rings. The third-order valence-corrected chi connectivity index (χ3v) is 3.02. The van der Waals surface area contributed by atoms with Crippen LogP contribution < -0.4 is 15.0 Å². The topological polar surface area (TPSA) is 54.5 Å². The Bertz CT molecular complexity index is 596. The van der Waals surface area contributed by atoms with Gasteiger partial charge < -0.3 is 15.0 Å². The molecule has 0 radical (unpaired) electrons. The monoisotopic (exact) mass is 271 g/mol. The molecule has 0 bridgehead atoms. The minimum Gasteiger partial charge on any atom is -0.495 e. The van der Waals surface area contributed by atoms with Crippen molar-refractivity contribution < 1.29 is 9.53 Å². The number of nitrogens with zero attached hydrogens (tertiary/aromatic N) is 2. The zero-order valence-electron chi connectivity index (χ0n) is 11.8. The Morgan fingerprint density at radius 1 is 1.25 bits per heavy atom. The van der Waals surface area contributed by atoms with E-state index in [2.05, 4.69) is 10.3 Å². The number of carbonyl (C=O) groups is 1. The van der Waals surface area contributed by atoms with Gasteiger partial charge in [-0.2, -0.15) is 0 Å². The lowest BCUT2D eigenvalue weighted by molar-refractivity contribution is 0.0987. The Labute approximate surface area is 118 Å². The number of carbonyl (C=O) groups excluding carboxylic acids is 1. The van der Waals surface area contributed by atoms with Crippen molar-refractivity contribution in [2.75, 3.05) is 31.4 Å². The molecule has 104 valence electrons. The first kappa shape index (κ1) is 13.9. The van der Waals surface area contributed by atoms with Gasteiger partial charge in [-0.3, -0.25) is 4.79 Å². The highest BCUT2D eigenvalue weighted by Gasteiger charge is 2.17. The number of aromatic nitrogens is 1. The van der Waals surface area contributed by atoms with Crippen LogP contribution in [0.15, 0.2) is 42.6 Å². The maximum atomic E-state index is 12.4. The molecule has 20 heavy (non-hydrogen) atoms. The molecule has 2 rings (SSSR count). The summed E-state index contributed by atoms with van der Waals surface area (Å²) in [6.45, 7) is 0. The van der Waals surface area contributed by atoms with E-state index in [4.69, 9.17) is 4.74 Å². The average Bonchev–Trinajstić information content (AvgIpc) is 2.53. The fourth-order valence-corrected chi connectivity index (χ4v) is 1.86. The van der Waals surface area contributed by atoms with Crippen molar-refractivity contribution >= 4 is 17.3 Å². The first-order chi connectivity index (χ1) is 9.67. The van der Waals surface area contributed by atoms with Crippen molar-refractivity contribution in [3.05, 3.63) is 48.3 Å². The first-order valence-corrected chi connectivity index (χ1v) is 6.22. The maximum absolute atomic E-state index is 12.4. The lowest BCUT2D eigenvalue weighted by atomic mass is 10.2. The van der Waals surface area contributed by atoms with Gasteiger partial charge in [-0.25, -0.2) is 4.98 Å². The molecule has 0 fully saturated rings. The van der Waals surface area contributed by atoms with Crippen molar-refractivity contribution in [2.24, 2.45) is 0 Å². The van der Waals surface area contributed by atoms with Crippen molar-refractivity contribution in [1.82, 2.24) is 4.98 Å². The zero-order chi connectivity index (χ0) is 14.5. The van der Waals surface area contributed by atoms with Gasteiger partial charge in [0.1, 0.15) is 11.4 Å². The van der Waals surface area contributed by atoms with E-state index < -0.39 is 0 Å². The zero-order valence-corrected chi connectivity index (χ0v) is 11.8. The smallest absolute Gasteiger partial charge is 0.276 e. The number of hydrogen-bond acceptors (Lipinski definition) is 4. The number of methoxy groups -OCH3 is 1. The Hall–Kier alpha value is -2.56. The summed E-state index contributed by atoms with van der Waals surface area (Å²) in [4.78, 5) is 18.1. The molecule has 1 aromatic heterocycles. The second-order valence-electron chi connectivity index (χ2n) is 4.22. The van der Waals surface area contributed by atoms with E-state index in [1.54, 1.807) is 33.5 Å². The minimum absolute atomic E-state index is 0.183. The third kappa shape index (κ3) is 2.71. The van der Waals surface area contributed by atoms with Gasteiger partial charge in [-0.15, -0.1) is 0 Å². The van der Waals surface area contributed by atoms with Crippen LogP contribution in [0.1, 0.15) is 10.5 Å². The number of rotatable bonds is 4. The summed E-state index contributed by atoms with van der Waals surface area (Å²) in [5, 5.41) is 2.96. The van der Waals surface area contributed by atoms with Crippen LogP contribution in [-0.2, 0) is 0 Å². The molecule has 0 spiro atoms. The Kier molecular flexibility index (Phi) is 4.20. The number of para-hydroxylation sites is 2. The van der Waals surface area contributed by atoms with Crippen molar-refractivity contribution in [3.8, 4) is 5.75 Å². The third-order valence-electron chi connectivity index (χ3n) is 3.02. The first-order valence-electron chi connectivity index (χ1n) is 6.22. The van der Waals surface area contributed by atoms with E-state index in [9.17, 15) is 4.79 Å². The van der Waals surface area contributed by atoms with Crippen molar-refractivity contribution in [2.45, 2.75) is 0 Å². The number of ether oxygens (including phenoxy) is 1. The standard InChI is InChI=1S/C15H17N3O2/c1-16-11-8-9-12(17-10-11)15(19)18(2)13-6-4-5-7-14(13)20-3/h4-10,16H,1-3H3. The molecule has 0 unspecified atom stereocenters. The largest absolute Gasteiger partial charge is 0.495 e. The molecule has 5 heteroatoms. The molecular formula is C15H17N3O2. The van der Waals surface area contributed by atoms with E-state index in [1.165, 1.54) is 4.90 Å². The van der Waals surface area contributed by atoms with Crippen LogP contribution in [0, 0.1) is 0 Å². The van der Waals surface area contributed by atoms with Crippen LogP contribution in [0.5, 0.6) is 5.75 Å². The summed E-state index contributed by atoms with van der Waals surface area (Å²) >= 11 is 0. The predicted molar refractivity (Wildman–Crippen MR) is 79.5 cm³/mol. The second kappa shape index (κ2) is 6.06. The van der Waals surface area contributed by atoms with E-state index in [0.717, 1.165) is 5.69 Å². The molecule has 1 heterocycles. The van der Waals surface area contributed by atoms with Crippen LogP contribution in [-0.4, -0.2) is 32.1 Å². The van der Waals surface area contributed by atoms with Gasteiger partial charge in [0.2, 0.25) is 0 Å². The van der Waals surface area contributed by atoms with Crippen LogP contribution in [0.2, 0.25) is 0 Å². The molecule has 0 aliphatic heterocycles. The summed E-state index contributed by atoms with van der Waals surface area (Å²) < 4.78 is 5.26. The van der Waals surface area contributed by atoms with Gasteiger partial charge in [0.15, 0.2) is 0 Å². The van der Waals surface area contributed by atoms with Gasteiger partial charge in [-0.05, 0) is 24.3 Å². The van der Waals surface area contributed by atoms with E-state index in [-0.39, 0.29) is 5.91 Å². The highest BCUT2D eigenvalue weighted by atomic mass is 16.5. The summed E-state index contributed by atoms with van der Waals surface area (Å²) in [5.74, 6) is 0.465. The van der Waals surface area contributed by atoms with Crippen molar-refractivity contribution in [3.63, 3.8) is 0 Å². The molecule has 2 aromatic rings. The molecular weight excluding hydrogens is 254 g/mol. The van der Waals surface area contributed by atoms with E-state index in [1.807, 2.05) is 30.3 Å². The Morgan fingerprint density at radius 3 is 2.60 bits per heavy atom. The molecule has 5 nitrogen and oxygen atoms in total. The van der Waals surface area contributed by atoms with Crippen LogP contribution in [0.3, 0.4) is 0 Å². The number of nitrogens with one attached hydrogen (secondary N) is 1. The fraction of sp³-hybridized carbons (Fsp3) is 0.200. The highest BCUT2D eigenvalue weighted by molar-refractivity contribution is 6.05. The van der Waals surface area contributed by atoms with E-state index in [0.29, 0.717) is 17.1 Å². The fourth-order valence-electron chi connectivity index (χ4n) is 1.86. The number of anilines is 2. The quantitative estimate of drug-likeness (QED) is 0.927. The highest BCUT2D eigenvalue weighted by Crippen LogP contribution is 2.27. The normalized spacial score (nSPS) is 9.95. The molecule has 0 aliphatic carbocycles. The number of benzene rings is 1. The number of hydrogen-bond donors (Lipinski definition) is 1.